The molecular formula is C19H26F3IN4O2. The van der Waals surface area contributed by atoms with Crippen molar-refractivity contribution in [3.05, 3.63) is 47.7 Å². The second-order valence-electron chi connectivity index (χ2n) is 7.07. The highest BCUT2D eigenvalue weighted by molar-refractivity contribution is 14.0. The van der Waals surface area contributed by atoms with E-state index in [1.807, 2.05) is 27.7 Å². The number of benzene rings is 1. The monoisotopic (exact) mass is 526 g/mol. The molecule has 0 aliphatic carbocycles. The Morgan fingerprint density at radius 3 is 2.45 bits per heavy atom. The van der Waals surface area contributed by atoms with Crippen LogP contribution in [0.3, 0.4) is 0 Å². The van der Waals surface area contributed by atoms with Crippen LogP contribution in [0.4, 0.5) is 13.2 Å². The van der Waals surface area contributed by atoms with Crippen molar-refractivity contribution < 1.29 is 22.3 Å². The van der Waals surface area contributed by atoms with Crippen LogP contribution in [-0.4, -0.2) is 23.9 Å². The van der Waals surface area contributed by atoms with Crippen molar-refractivity contribution in [3.63, 3.8) is 0 Å². The Balaban J connectivity index is 0.00000420. The van der Waals surface area contributed by atoms with Crippen LogP contribution >= 0.6 is 24.0 Å². The highest BCUT2D eigenvalue weighted by Crippen LogP contribution is 2.26. The first-order chi connectivity index (χ1) is 13.1. The number of nitrogens with zero attached hydrogens (tertiary/aromatic N) is 2. The van der Waals surface area contributed by atoms with Crippen LogP contribution in [0, 0.1) is 0 Å². The summed E-state index contributed by atoms with van der Waals surface area (Å²) in [6.07, 6.45) is -3.07. The molecule has 0 fully saturated rings. The van der Waals surface area contributed by atoms with Gasteiger partial charge in [-0.3, -0.25) is 0 Å². The fraction of sp³-hybridized carbons (Fsp3) is 0.474. The molecule has 0 aliphatic rings. The Morgan fingerprint density at radius 1 is 1.17 bits per heavy atom. The zero-order chi connectivity index (χ0) is 20.8. The third-order valence-electron chi connectivity index (χ3n) is 3.65. The van der Waals surface area contributed by atoms with Gasteiger partial charge >= 0.3 is 6.36 Å². The van der Waals surface area contributed by atoms with Gasteiger partial charge in [0.05, 0.1) is 19.3 Å². The maximum Gasteiger partial charge on any atom is 0.573 e. The van der Waals surface area contributed by atoms with Crippen molar-refractivity contribution in [2.75, 3.05) is 6.54 Å². The second-order valence-corrected chi connectivity index (χ2v) is 7.07. The van der Waals surface area contributed by atoms with Crippen molar-refractivity contribution in [2.45, 2.75) is 52.6 Å². The van der Waals surface area contributed by atoms with Gasteiger partial charge < -0.3 is 19.8 Å². The molecule has 6 nitrogen and oxygen atoms in total. The summed E-state index contributed by atoms with van der Waals surface area (Å²) in [5, 5.41) is 6.09. The fourth-order valence-electron chi connectivity index (χ4n) is 2.26. The van der Waals surface area contributed by atoms with E-state index in [4.69, 9.17) is 4.42 Å². The lowest BCUT2D eigenvalue weighted by Gasteiger charge is -2.14. The van der Waals surface area contributed by atoms with Gasteiger partial charge in [-0.15, -0.1) is 37.1 Å². The molecule has 10 heteroatoms. The maximum absolute atomic E-state index is 12.5. The third kappa shape index (κ3) is 8.50. The molecular weight excluding hydrogens is 500 g/mol. The first-order valence-electron chi connectivity index (χ1n) is 8.89. The molecule has 0 unspecified atom stereocenters. The van der Waals surface area contributed by atoms with Crippen molar-refractivity contribution in [1.29, 1.82) is 0 Å². The summed E-state index contributed by atoms with van der Waals surface area (Å²) in [5.74, 6) is 1.43. The van der Waals surface area contributed by atoms with E-state index in [-0.39, 0.29) is 41.7 Å². The molecule has 0 atom stereocenters. The van der Waals surface area contributed by atoms with Gasteiger partial charge in [-0.1, -0.05) is 39.0 Å². The Bertz CT molecular complexity index is 801. The number of oxazole rings is 1. The van der Waals surface area contributed by atoms with E-state index in [0.717, 1.165) is 5.76 Å². The normalized spacial score (nSPS) is 12.3. The molecule has 2 rings (SSSR count). The quantitative estimate of drug-likeness (QED) is 0.323. The summed E-state index contributed by atoms with van der Waals surface area (Å²) in [6, 6.07) is 5.92. The van der Waals surface area contributed by atoms with Gasteiger partial charge in [0.1, 0.15) is 11.5 Å². The van der Waals surface area contributed by atoms with Crippen LogP contribution in [0.25, 0.3) is 0 Å². The number of para-hydroxylation sites is 1. The van der Waals surface area contributed by atoms with Crippen LogP contribution < -0.4 is 15.4 Å². The molecule has 1 aromatic carbocycles. The maximum atomic E-state index is 12.5. The van der Waals surface area contributed by atoms with E-state index < -0.39 is 6.36 Å². The standard InChI is InChI=1S/C19H25F3N4O2.HI/c1-5-23-17(26-12-16-24-11-15(27-16)18(2,3)4)25-10-13-8-6-7-9-14(13)28-19(20,21)22;/h6-9,11H,5,10,12H2,1-4H3,(H2,23,25,26);1H. The van der Waals surface area contributed by atoms with E-state index in [2.05, 4.69) is 25.3 Å². The zero-order valence-corrected chi connectivity index (χ0v) is 19.1. The molecule has 2 aromatic rings. The van der Waals surface area contributed by atoms with Gasteiger partial charge in [-0.2, -0.15) is 0 Å². The molecule has 0 spiro atoms. The lowest BCUT2D eigenvalue weighted by atomic mass is 9.94. The van der Waals surface area contributed by atoms with E-state index >= 15 is 0 Å². The van der Waals surface area contributed by atoms with Crippen LogP contribution in [0.1, 0.15) is 44.9 Å². The van der Waals surface area contributed by atoms with Crippen molar-refractivity contribution in [2.24, 2.45) is 4.99 Å². The molecule has 0 saturated heterocycles. The SMILES string of the molecule is CCNC(=NCc1ccccc1OC(F)(F)F)NCc1ncc(C(C)(C)C)o1.I. The average Bonchev–Trinajstić information content (AvgIpc) is 3.06. The Morgan fingerprint density at radius 2 is 1.86 bits per heavy atom. The van der Waals surface area contributed by atoms with E-state index in [9.17, 15) is 13.2 Å². The predicted octanol–water partition coefficient (Wildman–Crippen LogP) is 4.74. The van der Waals surface area contributed by atoms with Gasteiger partial charge in [0, 0.05) is 17.5 Å². The number of hydrogen-bond donors (Lipinski definition) is 2. The van der Waals surface area contributed by atoms with Crippen LogP contribution in [0.5, 0.6) is 5.75 Å². The molecule has 0 aliphatic heterocycles. The Labute approximate surface area is 185 Å². The van der Waals surface area contributed by atoms with Gasteiger partial charge in [-0.05, 0) is 13.0 Å². The van der Waals surface area contributed by atoms with E-state index in [1.165, 1.54) is 18.2 Å². The zero-order valence-electron chi connectivity index (χ0n) is 16.8. The number of nitrogens with one attached hydrogen (secondary N) is 2. The van der Waals surface area contributed by atoms with Gasteiger partial charge in [0.25, 0.3) is 0 Å². The van der Waals surface area contributed by atoms with Crippen LogP contribution in [0.2, 0.25) is 0 Å². The number of halogens is 4. The molecule has 1 aromatic heterocycles. The number of ether oxygens (including phenoxy) is 1. The number of guanidine groups is 1. The topological polar surface area (TPSA) is 71.7 Å². The summed E-state index contributed by atoms with van der Waals surface area (Å²) < 4.78 is 47.4. The van der Waals surface area contributed by atoms with Crippen LogP contribution in [0.15, 0.2) is 39.9 Å². The minimum Gasteiger partial charge on any atom is -0.443 e. The highest BCUT2D eigenvalue weighted by Gasteiger charge is 2.31. The number of aliphatic imine (C=N–C) groups is 1. The van der Waals surface area contributed by atoms with E-state index in [1.54, 1.807) is 12.3 Å². The smallest absolute Gasteiger partial charge is 0.443 e. The highest BCUT2D eigenvalue weighted by atomic mass is 127. The Hall–Kier alpha value is -1.98. The first kappa shape index (κ1) is 25.1. The average molecular weight is 526 g/mol. The Kier molecular flexibility index (Phi) is 9.24. The minimum atomic E-state index is -4.75. The number of hydrogen-bond acceptors (Lipinski definition) is 4. The van der Waals surface area contributed by atoms with Crippen LogP contribution in [-0.2, 0) is 18.5 Å². The largest absolute Gasteiger partial charge is 0.573 e. The van der Waals surface area contributed by atoms with Crippen molar-refractivity contribution >= 4 is 29.9 Å². The molecule has 0 amide bonds. The molecule has 1 heterocycles. The van der Waals surface area contributed by atoms with Crippen molar-refractivity contribution in [1.82, 2.24) is 15.6 Å². The lowest BCUT2D eigenvalue weighted by molar-refractivity contribution is -0.274. The van der Waals surface area contributed by atoms with Crippen molar-refractivity contribution in [3.8, 4) is 5.75 Å². The second kappa shape index (κ2) is 10.7. The molecule has 0 saturated carbocycles. The molecule has 29 heavy (non-hydrogen) atoms. The fourth-order valence-corrected chi connectivity index (χ4v) is 2.26. The van der Waals surface area contributed by atoms with Gasteiger partial charge in [-0.25, -0.2) is 9.98 Å². The summed E-state index contributed by atoms with van der Waals surface area (Å²) >= 11 is 0. The number of aromatic nitrogens is 1. The lowest BCUT2D eigenvalue weighted by Crippen LogP contribution is -2.36. The molecule has 2 N–H and O–H groups in total. The predicted molar refractivity (Wildman–Crippen MR) is 115 cm³/mol. The van der Waals surface area contributed by atoms with E-state index in [0.29, 0.717) is 30.5 Å². The summed E-state index contributed by atoms with van der Waals surface area (Å²) in [4.78, 5) is 8.55. The molecule has 162 valence electrons. The summed E-state index contributed by atoms with van der Waals surface area (Å²) in [5.41, 5.74) is 0.176. The summed E-state index contributed by atoms with van der Waals surface area (Å²) in [7, 11) is 0. The first-order valence-corrected chi connectivity index (χ1v) is 8.89. The number of rotatable bonds is 6. The number of alkyl halides is 3. The third-order valence-corrected chi connectivity index (χ3v) is 3.65. The summed E-state index contributed by atoms with van der Waals surface area (Å²) in [6.45, 7) is 8.86. The molecule has 0 bridgehead atoms. The van der Waals surface area contributed by atoms with Gasteiger partial charge in [0.15, 0.2) is 5.96 Å². The van der Waals surface area contributed by atoms with Gasteiger partial charge in [0.2, 0.25) is 5.89 Å². The molecule has 0 radical (unpaired) electrons. The minimum absolute atomic E-state index is 0.